The van der Waals surface area contributed by atoms with Gasteiger partial charge in [0.05, 0.1) is 22.2 Å². The van der Waals surface area contributed by atoms with Crippen LogP contribution in [0, 0.1) is 11.3 Å². The molecule has 0 aliphatic heterocycles. The van der Waals surface area contributed by atoms with Crippen molar-refractivity contribution in [2.24, 2.45) is 0 Å². The molecule has 1 aliphatic rings. The van der Waals surface area contributed by atoms with E-state index in [1.807, 2.05) is 11.4 Å². The number of nitriles is 1. The zero-order valence-electron chi connectivity index (χ0n) is 9.77. The molecule has 2 nitrogen and oxygen atoms in total. The van der Waals surface area contributed by atoms with Gasteiger partial charge < -0.3 is 12.6 Å². The first-order valence-corrected chi connectivity index (χ1v) is 7.27. The van der Waals surface area contributed by atoms with E-state index in [0.29, 0.717) is 10.6 Å². The molecule has 0 atom stereocenters. The summed E-state index contributed by atoms with van der Waals surface area (Å²) < 4.78 is 0. The smallest absolute Gasteiger partial charge is 0.0994 e. The van der Waals surface area contributed by atoms with Gasteiger partial charge in [-0.05, 0) is 48.3 Å². The maximum atomic E-state index is 9.24. The van der Waals surface area contributed by atoms with Gasteiger partial charge in [0.15, 0.2) is 0 Å². The maximum Gasteiger partial charge on any atom is 0.0994 e. The quantitative estimate of drug-likeness (QED) is 0.745. The Morgan fingerprint density at radius 2 is 2.06 bits per heavy atom. The molecule has 2 heterocycles. The molecular weight excluding hydrogens is 260 g/mol. The Morgan fingerprint density at radius 3 is 2.72 bits per heavy atom. The van der Waals surface area contributed by atoms with E-state index < -0.39 is 0 Å². The van der Waals surface area contributed by atoms with Crippen molar-refractivity contribution in [1.82, 2.24) is 4.98 Å². The highest BCUT2D eigenvalue weighted by Gasteiger charge is 2.19. The number of hydrogen-bond acceptors (Lipinski definition) is 4. The van der Waals surface area contributed by atoms with Gasteiger partial charge >= 0.3 is 0 Å². The highest BCUT2D eigenvalue weighted by Crippen LogP contribution is 2.35. The van der Waals surface area contributed by atoms with Crippen LogP contribution >= 0.6 is 11.3 Å². The van der Waals surface area contributed by atoms with Gasteiger partial charge in [-0.3, -0.25) is 4.98 Å². The van der Waals surface area contributed by atoms with Crippen molar-refractivity contribution >= 4 is 24.0 Å². The van der Waals surface area contributed by atoms with E-state index in [0.717, 1.165) is 35.4 Å². The zero-order chi connectivity index (χ0) is 12.5. The Kier molecular flexibility index (Phi) is 3.02. The van der Waals surface area contributed by atoms with Crippen LogP contribution < -0.4 is 0 Å². The molecule has 4 heteroatoms. The van der Waals surface area contributed by atoms with Gasteiger partial charge in [0.1, 0.15) is 0 Å². The van der Waals surface area contributed by atoms with Crippen LogP contribution in [0.3, 0.4) is 0 Å². The summed E-state index contributed by atoms with van der Waals surface area (Å²) >= 11 is 6.95. The molecular formula is C14H11N2S2-. The average molecular weight is 271 g/mol. The fraction of sp³-hybridized carbons (Fsp3) is 0.286. The van der Waals surface area contributed by atoms with Crippen LogP contribution in [0.25, 0.3) is 10.6 Å². The molecule has 0 spiro atoms. The molecule has 0 saturated heterocycles. The normalized spacial score (nSPS) is 13.9. The molecule has 90 valence electrons. The highest BCUT2D eigenvalue weighted by molar-refractivity contribution is 7.58. The molecule has 3 rings (SSSR count). The predicted molar refractivity (Wildman–Crippen MR) is 74.5 cm³/mol. The number of aromatic nitrogens is 1. The van der Waals surface area contributed by atoms with E-state index >= 15 is 0 Å². The summed E-state index contributed by atoms with van der Waals surface area (Å²) in [6, 6.07) is 6.33. The lowest BCUT2D eigenvalue weighted by atomic mass is 9.88. The molecule has 2 aromatic rings. The van der Waals surface area contributed by atoms with Gasteiger partial charge in [-0.25, -0.2) is 0 Å². The number of thiophene rings is 1. The molecule has 2 aromatic heterocycles. The molecule has 0 radical (unpaired) electrons. The Balaban J connectivity index is 2.28. The van der Waals surface area contributed by atoms with Crippen molar-refractivity contribution in [2.45, 2.75) is 30.7 Å². The van der Waals surface area contributed by atoms with E-state index in [1.54, 1.807) is 11.3 Å². The Morgan fingerprint density at radius 1 is 1.28 bits per heavy atom. The second kappa shape index (κ2) is 4.68. The molecule has 0 saturated carbocycles. The molecule has 0 fully saturated rings. The molecule has 1 aliphatic carbocycles. The Hall–Kier alpha value is -1.44. The summed E-state index contributed by atoms with van der Waals surface area (Å²) in [5.74, 6) is 0. The number of pyridine rings is 1. The van der Waals surface area contributed by atoms with Crippen LogP contribution in [0.4, 0.5) is 0 Å². The van der Waals surface area contributed by atoms with Gasteiger partial charge in [-0.1, -0.05) is 11.1 Å². The average Bonchev–Trinajstić information content (AvgIpc) is 2.91. The van der Waals surface area contributed by atoms with E-state index in [1.165, 1.54) is 12.0 Å². The molecule has 0 aromatic carbocycles. The minimum absolute atomic E-state index is 0.460. The van der Waals surface area contributed by atoms with Crippen LogP contribution in [0.5, 0.6) is 0 Å². The number of fused-ring (bicyclic) bond motifs is 1. The topological polar surface area (TPSA) is 36.7 Å². The Bertz CT molecular complexity index is 624. The van der Waals surface area contributed by atoms with Gasteiger partial charge in [-0.2, -0.15) is 5.26 Å². The second-order valence-corrected chi connectivity index (χ2v) is 5.73. The van der Waals surface area contributed by atoms with E-state index in [2.05, 4.69) is 17.1 Å². The van der Waals surface area contributed by atoms with Crippen molar-refractivity contribution in [1.29, 1.82) is 5.26 Å². The summed E-state index contributed by atoms with van der Waals surface area (Å²) in [6.45, 7) is 0. The standard InChI is InChI=1S/C14H12N2S2/c15-8-11-9-4-1-2-5-10(9)13(16-14(11)17)12-6-3-7-18-12/h3,6-7H,1-2,4-5H2,(H,16,17)/p-1. The van der Waals surface area contributed by atoms with E-state index in [9.17, 15) is 5.26 Å². The lowest BCUT2D eigenvalue weighted by molar-refractivity contribution is 0.678. The zero-order valence-corrected chi connectivity index (χ0v) is 11.4. The lowest BCUT2D eigenvalue weighted by Gasteiger charge is -2.23. The summed E-state index contributed by atoms with van der Waals surface area (Å²) in [5.41, 5.74) is 4.02. The Labute approximate surface area is 116 Å². The first-order chi connectivity index (χ1) is 8.81. The van der Waals surface area contributed by atoms with E-state index in [-0.39, 0.29) is 0 Å². The van der Waals surface area contributed by atoms with Crippen molar-refractivity contribution in [3.63, 3.8) is 0 Å². The van der Waals surface area contributed by atoms with Crippen molar-refractivity contribution in [2.75, 3.05) is 0 Å². The third-order valence-corrected chi connectivity index (χ3v) is 4.52. The maximum absolute atomic E-state index is 9.24. The lowest BCUT2D eigenvalue weighted by Crippen LogP contribution is -2.10. The first-order valence-electron chi connectivity index (χ1n) is 5.98. The summed E-state index contributed by atoms with van der Waals surface area (Å²) in [5, 5.41) is 11.8. The molecule has 0 bridgehead atoms. The predicted octanol–water partition coefficient (Wildman–Crippen LogP) is 3.47. The molecule has 0 N–H and O–H groups in total. The van der Waals surface area contributed by atoms with Gasteiger partial charge in [0.2, 0.25) is 0 Å². The van der Waals surface area contributed by atoms with Gasteiger partial charge in [0, 0.05) is 0 Å². The SMILES string of the molecule is N#Cc1c([S-])nc(-c2cccs2)c2c1CCCC2. The minimum Gasteiger partial charge on any atom is -0.759 e. The minimum atomic E-state index is 0.460. The monoisotopic (exact) mass is 271 g/mol. The highest BCUT2D eigenvalue weighted by atomic mass is 32.1. The number of rotatable bonds is 1. The number of nitrogens with zero attached hydrogens (tertiary/aromatic N) is 2. The van der Waals surface area contributed by atoms with Gasteiger partial charge in [-0.15, -0.1) is 11.3 Å². The van der Waals surface area contributed by atoms with Crippen molar-refractivity contribution in [3.05, 3.63) is 34.2 Å². The van der Waals surface area contributed by atoms with Crippen molar-refractivity contribution < 1.29 is 0 Å². The second-order valence-electron chi connectivity index (χ2n) is 4.39. The third kappa shape index (κ3) is 1.80. The van der Waals surface area contributed by atoms with Crippen LogP contribution in [0.1, 0.15) is 29.5 Å². The van der Waals surface area contributed by atoms with Crippen LogP contribution in [0.15, 0.2) is 22.5 Å². The largest absolute Gasteiger partial charge is 0.759 e. The summed E-state index contributed by atoms with van der Waals surface area (Å²) in [4.78, 5) is 5.66. The first kappa shape index (κ1) is 11.6. The summed E-state index contributed by atoms with van der Waals surface area (Å²) in [6.07, 6.45) is 4.29. The van der Waals surface area contributed by atoms with Crippen LogP contribution in [-0.4, -0.2) is 4.98 Å². The third-order valence-electron chi connectivity index (χ3n) is 3.35. The molecule has 0 amide bonds. The fourth-order valence-electron chi connectivity index (χ4n) is 2.53. The number of hydrogen-bond donors (Lipinski definition) is 0. The van der Waals surface area contributed by atoms with Crippen LogP contribution in [-0.2, 0) is 25.5 Å². The van der Waals surface area contributed by atoms with Crippen molar-refractivity contribution in [3.8, 4) is 16.6 Å². The fourth-order valence-corrected chi connectivity index (χ4v) is 3.53. The van der Waals surface area contributed by atoms with Crippen LogP contribution in [0.2, 0.25) is 0 Å². The van der Waals surface area contributed by atoms with E-state index in [4.69, 9.17) is 12.6 Å². The summed E-state index contributed by atoms with van der Waals surface area (Å²) in [7, 11) is 0. The van der Waals surface area contributed by atoms with Gasteiger partial charge in [0.25, 0.3) is 0 Å². The molecule has 18 heavy (non-hydrogen) atoms. The molecule has 0 unspecified atom stereocenters.